The third-order valence-electron chi connectivity index (χ3n) is 4.46. The topological polar surface area (TPSA) is 88.9 Å². The van der Waals surface area contributed by atoms with Crippen molar-refractivity contribution < 1.29 is 9.59 Å². The van der Waals surface area contributed by atoms with E-state index in [1.807, 2.05) is 29.1 Å². The van der Waals surface area contributed by atoms with Gasteiger partial charge in [0.1, 0.15) is 0 Å². The van der Waals surface area contributed by atoms with E-state index in [0.29, 0.717) is 27.1 Å². The molecule has 0 radical (unpaired) electrons. The molecule has 4 aromatic rings. The second-order valence-corrected chi connectivity index (χ2v) is 9.01. The van der Waals surface area contributed by atoms with E-state index in [1.54, 1.807) is 59.9 Å². The zero-order valence-electron chi connectivity index (χ0n) is 16.9. The van der Waals surface area contributed by atoms with Gasteiger partial charge >= 0.3 is 0 Å². The van der Waals surface area contributed by atoms with E-state index in [9.17, 15) is 9.59 Å². The normalized spacial score (nSPS) is 10.7. The maximum Gasteiger partial charge on any atom is 0.257 e. The number of nitrogens with zero attached hydrogens (tertiary/aromatic N) is 3. The molecule has 0 aliphatic rings. The lowest BCUT2D eigenvalue weighted by Gasteiger charge is -2.11. The molecular weight excluding hydrogens is 466 g/mol. The second kappa shape index (κ2) is 9.99. The summed E-state index contributed by atoms with van der Waals surface area (Å²) in [4.78, 5) is 26.3. The summed E-state index contributed by atoms with van der Waals surface area (Å²) in [6.07, 6.45) is 0. The van der Waals surface area contributed by atoms with Crippen LogP contribution in [-0.4, -0.2) is 32.3 Å². The fourth-order valence-corrected chi connectivity index (χ4v) is 4.48. The third kappa shape index (κ3) is 5.18. The minimum Gasteiger partial charge on any atom is -0.325 e. The Morgan fingerprint density at radius 1 is 1.03 bits per heavy atom. The number of hydrogen-bond acceptors (Lipinski definition) is 6. The number of rotatable bonds is 7. The largest absolute Gasteiger partial charge is 0.325 e. The number of halogens is 1. The van der Waals surface area contributed by atoms with Crippen LogP contribution in [0.2, 0.25) is 5.02 Å². The van der Waals surface area contributed by atoms with Gasteiger partial charge in [-0.15, -0.1) is 21.5 Å². The van der Waals surface area contributed by atoms with Gasteiger partial charge in [-0.1, -0.05) is 41.6 Å². The minimum absolute atomic E-state index is 0.129. The monoisotopic (exact) mass is 483 g/mol. The summed E-state index contributed by atoms with van der Waals surface area (Å²) in [5.41, 5.74) is 1.40. The van der Waals surface area contributed by atoms with E-state index in [0.717, 1.165) is 10.7 Å². The van der Waals surface area contributed by atoms with Crippen molar-refractivity contribution in [3.63, 3.8) is 0 Å². The van der Waals surface area contributed by atoms with Gasteiger partial charge in [0, 0.05) is 17.8 Å². The molecule has 0 bridgehead atoms. The molecule has 0 aliphatic carbocycles. The number of thioether (sulfide) groups is 1. The van der Waals surface area contributed by atoms with Crippen molar-refractivity contribution in [2.45, 2.75) is 5.16 Å². The van der Waals surface area contributed by atoms with E-state index >= 15 is 0 Å². The zero-order valence-corrected chi connectivity index (χ0v) is 19.3. The quantitative estimate of drug-likeness (QED) is 0.353. The molecule has 4 rings (SSSR count). The van der Waals surface area contributed by atoms with Crippen LogP contribution in [0.5, 0.6) is 0 Å². The Morgan fingerprint density at radius 2 is 1.81 bits per heavy atom. The van der Waals surface area contributed by atoms with Crippen LogP contribution in [0.1, 0.15) is 10.4 Å². The summed E-state index contributed by atoms with van der Waals surface area (Å²) in [5, 5.41) is 17.2. The number of anilines is 2. The lowest BCUT2D eigenvalue weighted by Crippen LogP contribution is -2.19. The molecule has 10 heteroatoms. The summed E-state index contributed by atoms with van der Waals surface area (Å²) in [6.45, 7) is 0. The van der Waals surface area contributed by atoms with Crippen LogP contribution in [-0.2, 0) is 11.8 Å². The molecule has 0 saturated carbocycles. The van der Waals surface area contributed by atoms with Crippen LogP contribution in [0.25, 0.3) is 10.7 Å². The minimum atomic E-state index is -0.329. The van der Waals surface area contributed by atoms with E-state index in [-0.39, 0.29) is 17.6 Å². The highest BCUT2D eigenvalue weighted by Gasteiger charge is 2.16. The van der Waals surface area contributed by atoms with Crippen LogP contribution in [0.3, 0.4) is 0 Å². The smallest absolute Gasteiger partial charge is 0.257 e. The van der Waals surface area contributed by atoms with Gasteiger partial charge in [0.15, 0.2) is 11.0 Å². The predicted octanol–water partition coefficient (Wildman–Crippen LogP) is 5.18. The van der Waals surface area contributed by atoms with Gasteiger partial charge in [-0.2, -0.15) is 0 Å². The molecule has 0 fully saturated rings. The number of carbonyl (C=O) groups is 2. The van der Waals surface area contributed by atoms with E-state index < -0.39 is 0 Å². The van der Waals surface area contributed by atoms with Gasteiger partial charge < -0.3 is 15.2 Å². The number of amides is 2. The average Bonchev–Trinajstić information content (AvgIpc) is 3.44. The van der Waals surface area contributed by atoms with Crippen LogP contribution >= 0.6 is 34.7 Å². The zero-order chi connectivity index (χ0) is 22.5. The summed E-state index contributed by atoms with van der Waals surface area (Å²) in [7, 11) is 1.87. The molecule has 0 unspecified atom stereocenters. The Balaban J connectivity index is 1.40. The molecule has 32 heavy (non-hydrogen) atoms. The summed E-state index contributed by atoms with van der Waals surface area (Å²) in [6, 6.07) is 17.6. The molecule has 0 aliphatic heterocycles. The number of aromatic nitrogens is 3. The molecule has 0 atom stereocenters. The maximum atomic E-state index is 12.7. The van der Waals surface area contributed by atoms with Gasteiger partial charge in [-0.25, -0.2) is 0 Å². The van der Waals surface area contributed by atoms with Crippen LogP contribution < -0.4 is 10.6 Å². The van der Waals surface area contributed by atoms with Gasteiger partial charge in [-0.3, -0.25) is 9.59 Å². The van der Waals surface area contributed by atoms with Crippen molar-refractivity contribution in [1.29, 1.82) is 0 Å². The lowest BCUT2D eigenvalue weighted by atomic mass is 10.1. The van der Waals surface area contributed by atoms with Crippen molar-refractivity contribution in [3.05, 3.63) is 76.6 Å². The number of carbonyl (C=O) groups excluding carboxylic acids is 2. The Labute approximate surface area is 197 Å². The Kier molecular flexibility index (Phi) is 6.89. The number of nitrogens with one attached hydrogen (secondary N) is 2. The molecule has 2 heterocycles. The van der Waals surface area contributed by atoms with Gasteiger partial charge in [0.25, 0.3) is 5.91 Å². The van der Waals surface area contributed by atoms with Gasteiger partial charge in [0.05, 0.1) is 21.9 Å². The number of thiophene rings is 1. The highest BCUT2D eigenvalue weighted by molar-refractivity contribution is 7.99. The first kappa shape index (κ1) is 22.1. The molecule has 2 aromatic heterocycles. The number of benzene rings is 2. The lowest BCUT2D eigenvalue weighted by molar-refractivity contribution is -0.113. The van der Waals surface area contributed by atoms with E-state index in [1.165, 1.54) is 11.8 Å². The molecule has 2 N–H and O–H groups in total. The van der Waals surface area contributed by atoms with Gasteiger partial charge in [0.2, 0.25) is 5.91 Å². The van der Waals surface area contributed by atoms with Crippen molar-refractivity contribution in [3.8, 4) is 10.7 Å². The summed E-state index contributed by atoms with van der Waals surface area (Å²) >= 11 is 8.75. The maximum absolute atomic E-state index is 12.7. The van der Waals surface area contributed by atoms with E-state index in [2.05, 4.69) is 20.8 Å². The highest BCUT2D eigenvalue weighted by atomic mass is 35.5. The van der Waals surface area contributed by atoms with Crippen LogP contribution in [0.4, 0.5) is 11.4 Å². The Bertz CT molecular complexity index is 1240. The number of hydrogen-bond donors (Lipinski definition) is 2. The third-order valence-corrected chi connectivity index (χ3v) is 6.59. The van der Waals surface area contributed by atoms with Crippen molar-refractivity contribution >= 4 is 57.9 Å². The second-order valence-electron chi connectivity index (χ2n) is 6.69. The molecule has 2 amide bonds. The Hall–Kier alpha value is -3.14. The molecular formula is C22H18ClN5O2S2. The van der Waals surface area contributed by atoms with Gasteiger partial charge in [-0.05, 0) is 47.8 Å². The molecule has 2 aromatic carbocycles. The molecule has 0 spiro atoms. The summed E-state index contributed by atoms with van der Waals surface area (Å²) in [5.74, 6) is 0.308. The van der Waals surface area contributed by atoms with E-state index in [4.69, 9.17) is 11.6 Å². The molecule has 162 valence electrons. The summed E-state index contributed by atoms with van der Waals surface area (Å²) < 4.78 is 1.86. The predicted molar refractivity (Wildman–Crippen MR) is 130 cm³/mol. The fourth-order valence-electron chi connectivity index (χ4n) is 2.90. The first-order valence-electron chi connectivity index (χ1n) is 9.53. The van der Waals surface area contributed by atoms with Crippen molar-refractivity contribution in [2.24, 2.45) is 7.05 Å². The average molecular weight is 484 g/mol. The standard InChI is InChI=1S/C22H18ClN5O2S2/c1-28-20(18-7-4-12-31-18)26-27-22(28)32-13-19(29)25-17-6-3-2-5-16(17)21(30)24-15-10-8-14(23)9-11-15/h2-12H,13H2,1H3,(H,24,30)(H,25,29). The molecule has 7 nitrogen and oxygen atoms in total. The van der Waals surface area contributed by atoms with Crippen LogP contribution in [0, 0.1) is 0 Å². The first-order chi connectivity index (χ1) is 15.5. The van der Waals surface area contributed by atoms with Crippen LogP contribution in [0.15, 0.2) is 71.2 Å². The number of para-hydroxylation sites is 1. The van der Waals surface area contributed by atoms with Crippen molar-refractivity contribution in [1.82, 2.24) is 14.8 Å². The highest BCUT2D eigenvalue weighted by Crippen LogP contribution is 2.26. The fraction of sp³-hybridized carbons (Fsp3) is 0.0909. The van der Waals surface area contributed by atoms with Crippen molar-refractivity contribution in [2.75, 3.05) is 16.4 Å². The Morgan fingerprint density at radius 3 is 2.56 bits per heavy atom. The SMILES string of the molecule is Cn1c(SCC(=O)Nc2ccccc2C(=O)Nc2ccc(Cl)cc2)nnc1-c1cccs1. The molecule has 0 saturated heterocycles. The first-order valence-corrected chi connectivity index (χ1v) is 11.8.